The number of aliphatic hydroxyl groups excluding tert-OH is 1. The van der Waals surface area contributed by atoms with Crippen molar-refractivity contribution in [2.75, 3.05) is 6.61 Å². The molecule has 0 heterocycles. The van der Waals surface area contributed by atoms with Gasteiger partial charge in [0.1, 0.15) is 0 Å². The van der Waals surface area contributed by atoms with Gasteiger partial charge in [-0.3, -0.25) is 0 Å². The lowest BCUT2D eigenvalue weighted by Crippen LogP contribution is -2.48. The first-order valence-corrected chi connectivity index (χ1v) is 13.1. The van der Waals surface area contributed by atoms with E-state index < -0.39 is 0 Å². The standard InChI is InChI=1S/C29H48O/c1-20(14-17-27(3,4)21(2)19-30)24-12-13-25-23-11-10-22-9-7-8-16-28(22,5)26(23)15-18-29(24,25)6/h11,14,17,20-22,24-26,30H,7-10,12-13,15-16,18-19H2,1-6H3/t20-,21?,22?,24-,25+,26+,28+,29-/m1/s1. The Kier molecular flexibility index (Phi) is 6.10. The van der Waals surface area contributed by atoms with Crippen molar-refractivity contribution in [3.8, 4) is 0 Å². The number of hydrogen-bond donors (Lipinski definition) is 1. The Balaban J connectivity index is 1.53. The third kappa shape index (κ3) is 3.56. The SMILES string of the molecule is CC(CO)C(C)(C)C=C[C@@H](C)[C@H]1CC[C@H]2C3=CCC4CCCC[C@]4(C)[C@H]3CC[C@]12C. The molecule has 4 aliphatic rings. The van der Waals surface area contributed by atoms with E-state index in [-0.39, 0.29) is 12.0 Å². The summed E-state index contributed by atoms with van der Waals surface area (Å²) >= 11 is 0. The highest BCUT2D eigenvalue weighted by molar-refractivity contribution is 5.28. The minimum Gasteiger partial charge on any atom is -0.396 e. The number of aliphatic hydroxyl groups is 1. The zero-order valence-corrected chi connectivity index (χ0v) is 20.7. The monoisotopic (exact) mass is 412 g/mol. The zero-order chi connectivity index (χ0) is 21.7. The van der Waals surface area contributed by atoms with Gasteiger partial charge in [0, 0.05) is 6.61 Å². The second-order valence-electron chi connectivity index (χ2n) is 12.8. The molecule has 30 heavy (non-hydrogen) atoms. The van der Waals surface area contributed by atoms with Crippen LogP contribution in [0.3, 0.4) is 0 Å². The summed E-state index contributed by atoms with van der Waals surface area (Å²) in [4.78, 5) is 0. The number of hydrogen-bond acceptors (Lipinski definition) is 1. The minimum absolute atomic E-state index is 0.0655. The maximum atomic E-state index is 9.62. The van der Waals surface area contributed by atoms with Gasteiger partial charge in [-0.05, 0) is 96.7 Å². The summed E-state index contributed by atoms with van der Waals surface area (Å²) in [5.74, 6) is 4.41. The Morgan fingerprint density at radius 1 is 1.03 bits per heavy atom. The van der Waals surface area contributed by atoms with Gasteiger partial charge >= 0.3 is 0 Å². The number of rotatable bonds is 5. The molecule has 0 saturated heterocycles. The molecule has 1 heteroatoms. The van der Waals surface area contributed by atoms with E-state index in [9.17, 15) is 5.11 Å². The van der Waals surface area contributed by atoms with Crippen LogP contribution in [0.15, 0.2) is 23.8 Å². The Morgan fingerprint density at radius 2 is 1.77 bits per heavy atom. The maximum absolute atomic E-state index is 9.62. The van der Waals surface area contributed by atoms with Crippen LogP contribution in [-0.2, 0) is 0 Å². The first-order valence-electron chi connectivity index (χ1n) is 13.1. The van der Waals surface area contributed by atoms with Crippen molar-refractivity contribution in [2.45, 2.75) is 99.3 Å². The molecule has 4 aliphatic carbocycles. The fourth-order valence-electron chi connectivity index (χ4n) is 8.38. The summed E-state index contributed by atoms with van der Waals surface area (Å²) in [6.07, 6.45) is 20.6. The fourth-order valence-corrected chi connectivity index (χ4v) is 8.38. The van der Waals surface area contributed by atoms with Crippen molar-refractivity contribution in [3.05, 3.63) is 23.8 Å². The van der Waals surface area contributed by atoms with Crippen molar-refractivity contribution in [3.63, 3.8) is 0 Å². The van der Waals surface area contributed by atoms with Crippen molar-refractivity contribution < 1.29 is 5.11 Å². The topological polar surface area (TPSA) is 20.2 Å². The third-order valence-electron chi connectivity index (χ3n) is 11.1. The Bertz CT molecular complexity index is 686. The highest BCUT2D eigenvalue weighted by Gasteiger charge is 2.57. The van der Waals surface area contributed by atoms with E-state index in [1.807, 2.05) is 5.57 Å². The number of allylic oxidation sites excluding steroid dienone is 4. The summed E-state index contributed by atoms with van der Waals surface area (Å²) in [6.45, 7) is 14.8. The molecule has 3 fully saturated rings. The zero-order valence-electron chi connectivity index (χ0n) is 20.7. The van der Waals surface area contributed by atoms with Gasteiger partial charge in [0.2, 0.25) is 0 Å². The van der Waals surface area contributed by atoms with Gasteiger partial charge in [-0.1, -0.05) is 78.2 Å². The Morgan fingerprint density at radius 3 is 2.50 bits per heavy atom. The average Bonchev–Trinajstić information content (AvgIpc) is 3.08. The van der Waals surface area contributed by atoms with Gasteiger partial charge in [-0.2, -0.15) is 0 Å². The quantitative estimate of drug-likeness (QED) is 0.457. The first-order chi connectivity index (χ1) is 14.1. The molecule has 2 unspecified atom stereocenters. The highest BCUT2D eigenvalue weighted by Crippen LogP contribution is 2.66. The van der Waals surface area contributed by atoms with Gasteiger partial charge in [0.05, 0.1) is 0 Å². The molecule has 8 atom stereocenters. The molecule has 0 spiro atoms. The lowest BCUT2D eigenvalue weighted by atomic mass is 9.48. The van der Waals surface area contributed by atoms with Crippen LogP contribution in [0, 0.1) is 51.8 Å². The van der Waals surface area contributed by atoms with E-state index in [4.69, 9.17) is 0 Å². The summed E-state index contributed by atoms with van der Waals surface area (Å²) in [5, 5.41) is 9.62. The van der Waals surface area contributed by atoms with Crippen LogP contribution in [0.1, 0.15) is 99.3 Å². The normalized spacial score (nSPS) is 43.5. The second kappa shape index (κ2) is 8.09. The van der Waals surface area contributed by atoms with E-state index in [2.05, 4.69) is 59.8 Å². The molecule has 0 radical (unpaired) electrons. The molecule has 3 saturated carbocycles. The van der Waals surface area contributed by atoms with E-state index in [1.54, 1.807) is 0 Å². The summed E-state index contributed by atoms with van der Waals surface area (Å²) in [5.41, 5.74) is 3.04. The second-order valence-corrected chi connectivity index (χ2v) is 12.8. The van der Waals surface area contributed by atoms with Crippen molar-refractivity contribution in [1.82, 2.24) is 0 Å². The fraction of sp³-hybridized carbons (Fsp3) is 0.862. The van der Waals surface area contributed by atoms with Crippen LogP contribution < -0.4 is 0 Å². The van der Waals surface area contributed by atoms with E-state index in [0.717, 1.165) is 23.7 Å². The van der Waals surface area contributed by atoms with Crippen LogP contribution in [0.4, 0.5) is 0 Å². The van der Waals surface area contributed by atoms with E-state index in [0.29, 0.717) is 22.7 Å². The molecular weight excluding hydrogens is 364 g/mol. The molecule has 0 bridgehead atoms. The summed E-state index contributed by atoms with van der Waals surface area (Å²) < 4.78 is 0. The van der Waals surface area contributed by atoms with Crippen LogP contribution in [0.2, 0.25) is 0 Å². The molecule has 0 aromatic heterocycles. The van der Waals surface area contributed by atoms with E-state index in [1.165, 1.54) is 57.8 Å². The summed E-state index contributed by atoms with van der Waals surface area (Å²) in [7, 11) is 0. The molecular formula is C29H48O. The molecule has 170 valence electrons. The third-order valence-corrected chi connectivity index (χ3v) is 11.1. The molecule has 0 aromatic rings. The van der Waals surface area contributed by atoms with Gasteiger partial charge in [0.25, 0.3) is 0 Å². The minimum atomic E-state index is 0.0655. The lowest BCUT2D eigenvalue weighted by Gasteiger charge is -2.57. The predicted molar refractivity (Wildman–Crippen MR) is 128 cm³/mol. The van der Waals surface area contributed by atoms with Gasteiger partial charge in [-0.25, -0.2) is 0 Å². The average molecular weight is 413 g/mol. The van der Waals surface area contributed by atoms with Gasteiger partial charge in [0.15, 0.2) is 0 Å². The van der Waals surface area contributed by atoms with Gasteiger partial charge in [-0.15, -0.1) is 0 Å². The Hall–Kier alpha value is -0.560. The van der Waals surface area contributed by atoms with Crippen LogP contribution in [0.5, 0.6) is 0 Å². The van der Waals surface area contributed by atoms with Crippen molar-refractivity contribution in [1.29, 1.82) is 0 Å². The molecule has 0 aromatic carbocycles. The van der Waals surface area contributed by atoms with Crippen LogP contribution >= 0.6 is 0 Å². The smallest absolute Gasteiger partial charge is 0.0464 e. The van der Waals surface area contributed by atoms with Crippen molar-refractivity contribution >= 4 is 0 Å². The first kappa shape index (κ1) is 22.6. The molecule has 4 rings (SSSR count). The highest BCUT2D eigenvalue weighted by atomic mass is 16.3. The molecule has 0 aliphatic heterocycles. The van der Waals surface area contributed by atoms with Crippen LogP contribution in [-0.4, -0.2) is 11.7 Å². The molecule has 0 amide bonds. The van der Waals surface area contributed by atoms with Gasteiger partial charge < -0.3 is 5.11 Å². The maximum Gasteiger partial charge on any atom is 0.0464 e. The molecule has 1 nitrogen and oxygen atoms in total. The number of fused-ring (bicyclic) bond motifs is 5. The summed E-state index contributed by atoms with van der Waals surface area (Å²) in [6, 6.07) is 0. The van der Waals surface area contributed by atoms with Crippen molar-refractivity contribution in [2.24, 2.45) is 51.8 Å². The lowest BCUT2D eigenvalue weighted by molar-refractivity contribution is -0.00484. The van der Waals surface area contributed by atoms with E-state index >= 15 is 0 Å². The molecule has 1 N–H and O–H groups in total. The Labute approximate surface area is 186 Å². The largest absolute Gasteiger partial charge is 0.396 e. The van der Waals surface area contributed by atoms with Crippen LogP contribution in [0.25, 0.3) is 0 Å². The predicted octanol–water partition coefficient (Wildman–Crippen LogP) is 7.80.